The molecule has 1 aromatic carbocycles. The van der Waals surface area contributed by atoms with Gasteiger partial charge < -0.3 is 19.7 Å². The van der Waals surface area contributed by atoms with Crippen LogP contribution in [0.15, 0.2) is 24.3 Å². The van der Waals surface area contributed by atoms with Gasteiger partial charge in [0.2, 0.25) is 0 Å². The molecule has 0 aliphatic carbocycles. The summed E-state index contributed by atoms with van der Waals surface area (Å²) >= 11 is 0. The van der Waals surface area contributed by atoms with Crippen molar-refractivity contribution in [3.05, 3.63) is 35.7 Å². The summed E-state index contributed by atoms with van der Waals surface area (Å²) in [4.78, 5) is 0. The first-order valence-electron chi connectivity index (χ1n) is 7.18. The Morgan fingerprint density at radius 2 is 1.86 bits per heavy atom. The molecule has 0 aliphatic heterocycles. The molecule has 0 saturated carbocycles. The van der Waals surface area contributed by atoms with Crippen molar-refractivity contribution in [3.8, 4) is 11.5 Å². The van der Waals surface area contributed by atoms with Crippen LogP contribution >= 0.6 is 0 Å². The van der Waals surface area contributed by atoms with Crippen molar-refractivity contribution in [1.29, 1.82) is 0 Å². The third-order valence-corrected chi connectivity index (χ3v) is 3.27. The van der Waals surface area contributed by atoms with Gasteiger partial charge in [0.05, 0.1) is 39.2 Å². The van der Waals surface area contributed by atoms with E-state index in [9.17, 15) is 5.11 Å². The Morgan fingerprint density at radius 1 is 1.14 bits per heavy atom. The fraction of sp³-hybridized carbons (Fsp3) is 0.467. The molecule has 2 rings (SSSR count). The van der Waals surface area contributed by atoms with Crippen LogP contribution in [0.25, 0.3) is 0 Å². The van der Waals surface area contributed by atoms with Gasteiger partial charge >= 0.3 is 0 Å². The summed E-state index contributed by atoms with van der Waals surface area (Å²) < 4.78 is 12.4. The quantitative estimate of drug-likeness (QED) is 0.666. The van der Waals surface area contributed by atoms with Crippen LogP contribution in [-0.4, -0.2) is 45.5 Å². The monoisotopic (exact) mass is 307 g/mol. The van der Waals surface area contributed by atoms with E-state index in [-0.39, 0.29) is 13.2 Å². The Bertz CT molecular complexity index is 569. The predicted molar refractivity (Wildman–Crippen MR) is 79.8 cm³/mol. The summed E-state index contributed by atoms with van der Waals surface area (Å²) in [7, 11) is 1.62. The summed E-state index contributed by atoms with van der Waals surface area (Å²) in [6.45, 7) is 0.757. The van der Waals surface area contributed by atoms with Gasteiger partial charge in [-0.15, -0.1) is 5.10 Å². The first-order chi connectivity index (χ1) is 10.8. The lowest BCUT2D eigenvalue weighted by Gasteiger charge is -2.08. The second kappa shape index (κ2) is 8.35. The zero-order valence-electron chi connectivity index (χ0n) is 12.6. The van der Waals surface area contributed by atoms with E-state index in [0.29, 0.717) is 25.3 Å². The molecular formula is C15H21N3O4. The Balaban J connectivity index is 1.84. The molecule has 7 heteroatoms. The average molecular weight is 307 g/mol. The maximum atomic E-state index is 9.26. The molecule has 0 radical (unpaired) electrons. The normalized spacial score (nSPS) is 10.7. The minimum absolute atomic E-state index is 0.0103. The van der Waals surface area contributed by atoms with Crippen LogP contribution in [0.2, 0.25) is 0 Å². The molecule has 22 heavy (non-hydrogen) atoms. The van der Waals surface area contributed by atoms with Gasteiger partial charge in [-0.05, 0) is 37.1 Å². The number of benzene rings is 1. The SMILES string of the molecule is COc1ccc(OCCCc2c(CO)nnn2CCO)cc1. The number of aromatic nitrogens is 3. The summed E-state index contributed by atoms with van der Waals surface area (Å²) in [6.07, 6.45) is 1.44. The fourth-order valence-corrected chi connectivity index (χ4v) is 2.14. The molecule has 0 aliphatic rings. The number of methoxy groups -OCH3 is 1. The molecule has 0 fully saturated rings. The van der Waals surface area contributed by atoms with Crippen LogP contribution in [0.4, 0.5) is 0 Å². The maximum absolute atomic E-state index is 9.26. The summed E-state index contributed by atoms with van der Waals surface area (Å²) in [6, 6.07) is 7.41. The molecular weight excluding hydrogens is 286 g/mol. The summed E-state index contributed by atoms with van der Waals surface area (Å²) in [5.74, 6) is 1.57. The van der Waals surface area contributed by atoms with E-state index in [1.165, 1.54) is 0 Å². The van der Waals surface area contributed by atoms with Crippen LogP contribution in [-0.2, 0) is 19.6 Å². The molecule has 120 valence electrons. The van der Waals surface area contributed by atoms with E-state index in [2.05, 4.69) is 10.3 Å². The van der Waals surface area contributed by atoms with Crippen molar-refractivity contribution in [2.75, 3.05) is 20.3 Å². The number of nitrogens with zero attached hydrogens (tertiary/aromatic N) is 3. The maximum Gasteiger partial charge on any atom is 0.119 e. The van der Waals surface area contributed by atoms with Gasteiger partial charge in [-0.25, -0.2) is 4.68 Å². The summed E-state index contributed by atoms with van der Waals surface area (Å²) in [5.41, 5.74) is 1.40. The smallest absolute Gasteiger partial charge is 0.119 e. The summed E-state index contributed by atoms with van der Waals surface area (Å²) in [5, 5.41) is 26.1. The van der Waals surface area contributed by atoms with Crippen molar-refractivity contribution in [3.63, 3.8) is 0 Å². The van der Waals surface area contributed by atoms with Crippen LogP contribution in [0, 0.1) is 0 Å². The van der Waals surface area contributed by atoms with Crippen molar-refractivity contribution < 1.29 is 19.7 Å². The lowest BCUT2D eigenvalue weighted by atomic mass is 10.2. The second-order valence-corrected chi connectivity index (χ2v) is 4.72. The van der Waals surface area contributed by atoms with E-state index in [0.717, 1.165) is 23.6 Å². The minimum Gasteiger partial charge on any atom is -0.497 e. The lowest BCUT2D eigenvalue weighted by molar-refractivity contribution is 0.262. The third kappa shape index (κ3) is 4.19. The molecule has 2 aromatic rings. The van der Waals surface area contributed by atoms with Gasteiger partial charge in [0.15, 0.2) is 0 Å². The molecule has 7 nitrogen and oxygen atoms in total. The van der Waals surface area contributed by atoms with E-state index in [1.807, 2.05) is 24.3 Å². The molecule has 0 bridgehead atoms. The van der Waals surface area contributed by atoms with Crippen molar-refractivity contribution in [1.82, 2.24) is 15.0 Å². The van der Waals surface area contributed by atoms with Crippen molar-refractivity contribution in [2.45, 2.75) is 26.0 Å². The number of aliphatic hydroxyl groups is 2. The van der Waals surface area contributed by atoms with Gasteiger partial charge in [-0.2, -0.15) is 0 Å². The lowest BCUT2D eigenvalue weighted by Crippen LogP contribution is -2.10. The highest BCUT2D eigenvalue weighted by atomic mass is 16.5. The highest BCUT2D eigenvalue weighted by Crippen LogP contribution is 2.17. The van der Waals surface area contributed by atoms with Gasteiger partial charge in [0.25, 0.3) is 0 Å². The van der Waals surface area contributed by atoms with E-state index >= 15 is 0 Å². The number of rotatable bonds is 9. The molecule has 0 unspecified atom stereocenters. The zero-order chi connectivity index (χ0) is 15.8. The Hall–Kier alpha value is -2.12. The Kier molecular flexibility index (Phi) is 6.17. The minimum atomic E-state index is -0.153. The first kappa shape index (κ1) is 16.3. The first-order valence-corrected chi connectivity index (χ1v) is 7.18. The Morgan fingerprint density at radius 3 is 2.50 bits per heavy atom. The number of hydrogen-bond acceptors (Lipinski definition) is 6. The topological polar surface area (TPSA) is 89.6 Å². The number of hydrogen-bond donors (Lipinski definition) is 2. The predicted octanol–water partition coefficient (Wildman–Crippen LogP) is 0.783. The van der Waals surface area contributed by atoms with Gasteiger partial charge in [0.1, 0.15) is 17.2 Å². The van der Waals surface area contributed by atoms with E-state index in [4.69, 9.17) is 14.6 Å². The number of aliphatic hydroxyl groups excluding tert-OH is 2. The Labute approximate surface area is 129 Å². The fourth-order valence-electron chi connectivity index (χ4n) is 2.14. The second-order valence-electron chi connectivity index (χ2n) is 4.72. The highest BCUT2D eigenvalue weighted by molar-refractivity contribution is 5.31. The zero-order valence-corrected chi connectivity index (χ0v) is 12.6. The standard InChI is InChI=1S/C15H21N3O4/c1-21-12-4-6-13(7-5-12)22-10-2-3-15-14(11-20)16-17-18(15)8-9-19/h4-7,19-20H,2-3,8-11H2,1H3. The van der Waals surface area contributed by atoms with Crippen LogP contribution in [0.3, 0.4) is 0 Å². The molecule has 0 amide bonds. The van der Waals surface area contributed by atoms with Crippen LogP contribution < -0.4 is 9.47 Å². The molecule has 1 heterocycles. The van der Waals surface area contributed by atoms with Gasteiger partial charge in [-0.3, -0.25) is 0 Å². The van der Waals surface area contributed by atoms with Crippen molar-refractivity contribution >= 4 is 0 Å². The highest BCUT2D eigenvalue weighted by Gasteiger charge is 2.11. The van der Waals surface area contributed by atoms with Gasteiger partial charge in [-0.1, -0.05) is 5.21 Å². The largest absolute Gasteiger partial charge is 0.497 e. The average Bonchev–Trinajstić information content (AvgIpc) is 2.94. The van der Waals surface area contributed by atoms with Crippen molar-refractivity contribution in [2.24, 2.45) is 0 Å². The molecule has 1 aromatic heterocycles. The molecule has 2 N–H and O–H groups in total. The molecule has 0 saturated heterocycles. The molecule has 0 spiro atoms. The van der Waals surface area contributed by atoms with Gasteiger partial charge in [0, 0.05) is 0 Å². The van der Waals surface area contributed by atoms with Crippen LogP contribution in [0.5, 0.6) is 11.5 Å². The van der Waals surface area contributed by atoms with Crippen LogP contribution in [0.1, 0.15) is 17.8 Å². The molecule has 0 atom stereocenters. The van der Waals surface area contributed by atoms with E-state index in [1.54, 1.807) is 11.8 Å². The van der Waals surface area contributed by atoms with E-state index < -0.39 is 0 Å². The number of ether oxygens (including phenoxy) is 2. The third-order valence-electron chi connectivity index (χ3n) is 3.27.